The first-order chi connectivity index (χ1) is 23.9. The van der Waals surface area contributed by atoms with Crippen LogP contribution in [0.5, 0.6) is 5.75 Å². The maximum Gasteiger partial charge on any atom is 0.261 e. The summed E-state index contributed by atoms with van der Waals surface area (Å²) >= 11 is 0. The van der Waals surface area contributed by atoms with Gasteiger partial charge < -0.3 is 4.74 Å². The molecular formula is C43H55N3O3. The van der Waals surface area contributed by atoms with Gasteiger partial charge in [0.15, 0.2) is 5.78 Å². The lowest BCUT2D eigenvalue weighted by Crippen LogP contribution is -2.27. The first-order valence-electron chi connectivity index (χ1n) is 18.5. The van der Waals surface area contributed by atoms with E-state index in [1.54, 1.807) is 36.6 Å². The summed E-state index contributed by atoms with van der Waals surface area (Å²) in [6.07, 6.45) is 23.9. The number of carbonyl (C=O) groups excluding carboxylic acids is 2. The van der Waals surface area contributed by atoms with E-state index in [-0.39, 0.29) is 11.7 Å². The van der Waals surface area contributed by atoms with Crippen LogP contribution in [0.4, 0.5) is 11.4 Å². The molecule has 0 saturated carbocycles. The molecule has 4 rings (SSSR count). The number of rotatable bonds is 22. The van der Waals surface area contributed by atoms with Gasteiger partial charge in [-0.25, -0.2) is 0 Å². The number of aliphatic imine (C=N–C) groups is 1. The number of amides is 1. The molecule has 1 aliphatic heterocycles. The minimum Gasteiger partial charge on any atom is -0.494 e. The molecule has 6 heteroatoms. The molecule has 3 aromatic carbocycles. The van der Waals surface area contributed by atoms with Crippen LogP contribution in [0.25, 0.3) is 6.08 Å². The Balaban J connectivity index is 1.10. The highest BCUT2D eigenvalue weighted by Gasteiger charge is 2.33. The summed E-state index contributed by atoms with van der Waals surface area (Å²) in [6.45, 7) is 6.85. The molecule has 0 fully saturated rings. The van der Waals surface area contributed by atoms with Gasteiger partial charge in [0.2, 0.25) is 0 Å². The van der Waals surface area contributed by atoms with Crippen LogP contribution in [0, 0.1) is 12.8 Å². The van der Waals surface area contributed by atoms with Gasteiger partial charge in [-0.1, -0.05) is 126 Å². The minimum atomic E-state index is -0.522. The van der Waals surface area contributed by atoms with Crippen LogP contribution in [0.15, 0.2) is 89.0 Å². The summed E-state index contributed by atoms with van der Waals surface area (Å²) in [4.78, 5) is 30.3. The van der Waals surface area contributed by atoms with E-state index in [1.165, 1.54) is 88.5 Å². The van der Waals surface area contributed by atoms with Gasteiger partial charge in [-0.3, -0.25) is 14.6 Å². The Kier molecular flexibility index (Phi) is 16.0. The molecule has 0 spiro atoms. The van der Waals surface area contributed by atoms with E-state index < -0.39 is 5.92 Å². The number of ether oxygens (including phenoxy) is 1. The number of unbranched alkanes of at least 4 members (excludes halogenated alkanes) is 13. The van der Waals surface area contributed by atoms with Crippen molar-refractivity contribution in [3.05, 3.63) is 95.6 Å². The molecule has 1 atom stereocenters. The Hall–Kier alpha value is -4.32. The van der Waals surface area contributed by atoms with Gasteiger partial charge >= 0.3 is 0 Å². The lowest BCUT2D eigenvalue weighted by Gasteiger charge is -2.12. The molecule has 1 aliphatic rings. The van der Waals surface area contributed by atoms with Crippen LogP contribution in [-0.2, 0) is 4.79 Å². The molecule has 0 radical (unpaired) electrons. The number of aryl methyl sites for hydroxylation is 1. The average Bonchev–Trinajstić information content (AvgIpc) is 3.41. The van der Waals surface area contributed by atoms with Gasteiger partial charge in [0, 0.05) is 11.8 Å². The summed E-state index contributed by atoms with van der Waals surface area (Å²) in [7, 11) is 0. The zero-order valence-corrected chi connectivity index (χ0v) is 29.9. The monoisotopic (exact) mass is 661 g/mol. The molecule has 0 saturated heterocycles. The molecule has 0 aliphatic carbocycles. The van der Waals surface area contributed by atoms with E-state index in [0.717, 1.165) is 35.6 Å². The quantitative estimate of drug-likeness (QED) is 0.0465. The van der Waals surface area contributed by atoms with Gasteiger partial charge in [0.1, 0.15) is 11.7 Å². The van der Waals surface area contributed by atoms with Crippen molar-refractivity contribution >= 4 is 41.1 Å². The third-order valence-corrected chi connectivity index (χ3v) is 9.06. The van der Waals surface area contributed by atoms with E-state index in [0.29, 0.717) is 17.0 Å². The second kappa shape index (κ2) is 20.9. The number of hydrazone groups is 1. The van der Waals surface area contributed by atoms with Crippen molar-refractivity contribution in [3.8, 4) is 5.75 Å². The highest BCUT2D eigenvalue weighted by atomic mass is 16.5. The highest BCUT2D eigenvalue weighted by molar-refractivity contribution is 6.23. The smallest absolute Gasteiger partial charge is 0.261 e. The standard InChI is InChI=1S/C43H55N3O3/c1-4-5-6-7-8-9-10-11-12-13-14-15-16-17-32-49-40-29-20-36(21-30-40)22-31-42(47)37-23-25-38(26-24-37)44-33-41-35(3)45-46(43(41)48)39-27-18-34(2)19-28-39/h18-31,33,41H,4-17,32H2,1-3H3/b31-22+,44-33?. The fourth-order valence-corrected chi connectivity index (χ4v) is 5.92. The van der Waals surface area contributed by atoms with Crippen molar-refractivity contribution in [2.45, 2.75) is 111 Å². The third kappa shape index (κ3) is 12.9. The Morgan fingerprint density at radius 3 is 1.92 bits per heavy atom. The van der Waals surface area contributed by atoms with Crippen LogP contribution in [-0.4, -0.2) is 30.2 Å². The zero-order chi connectivity index (χ0) is 34.7. The first-order valence-corrected chi connectivity index (χ1v) is 18.5. The predicted molar refractivity (Wildman–Crippen MR) is 205 cm³/mol. The van der Waals surface area contributed by atoms with Gasteiger partial charge in [0.25, 0.3) is 5.91 Å². The lowest BCUT2D eigenvalue weighted by atomic mass is 10.0. The number of hydrogen-bond donors (Lipinski definition) is 0. The van der Waals surface area contributed by atoms with Crippen LogP contribution in [0.1, 0.15) is 125 Å². The van der Waals surface area contributed by atoms with Crippen molar-refractivity contribution in [2.75, 3.05) is 11.6 Å². The largest absolute Gasteiger partial charge is 0.494 e. The van der Waals surface area contributed by atoms with Crippen molar-refractivity contribution in [1.29, 1.82) is 0 Å². The summed E-state index contributed by atoms with van der Waals surface area (Å²) in [5.41, 5.74) is 4.73. The maximum atomic E-state index is 13.0. The van der Waals surface area contributed by atoms with Crippen molar-refractivity contribution in [1.82, 2.24) is 0 Å². The Labute approximate surface area is 294 Å². The van der Waals surface area contributed by atoms with Gasteiger partial charge in [-0.15, -0.1) is 0 Å². The fourth-order valence-electron chi connectivity index (χ4n) is 5.92. The normalized spacial score (nSPS) is 14.7. The van der Waals surface area contributed by atoms with Gasteiger partial charge in [-0.2, -0.15) is 10.1 Å². The van der Waals surface area contributed by atoms with Crippen molar-refractivity contribution < 1.29 is 14.3 Å². The summed E-state index contributed by atoms with van der Waals surface area (Å²) < 4.78 is 5.94. The van der Waals surface area contributed by atoms with Gasteiger partial charge in [-0.05, 0) is 80.4 Å². The number of nitrogens with zero attached hydrogens (tertiary/aromatic N) is 3. The van der Waals surface area contributed by atoms with Gasteiger partial charge in [0.05, 0.1) is 23.7 Å². The average molecular weight is 662 g/mol. The van der Waals surface area contributed by atoms with E-state index in [2.05, 4.69) is 17.0 Å². The summed E-state index contributed by atoms with van der Waals surface area (Å²) in [5, 5.41) is 5.88. The molecule has 1 heterocycles. The van der Waals surface area contributed by atoms with E-state index >= 15 is 0 Å². The molecular weight excluding hydrogens is 606 g/mol. The van der Waals surface area contributed by atoms with E-state index in [9.17, 15) is 9.59 Å². The Bertz CT molecular complexity index is 1520. The first kappa shape index (κ1) is 37.5. The third-order valence-electron chi connectivity index (χ3n) is 9.06. The summed E-state index contributed by atoms with van der Waals surface area (Å²) in [6, 6.07) is 22.6. The maximum absolute atomic E-state index is 13.0. The van der Waals surface area contributed by atoms with Crippen LogP contribution in [0.2, 0.25) is 0 Å². The van der Waals surface area contributed by atoms with E-state index in [4.69, 9.17) is 4.74 Å². The number of hydrogen-bond acceptors (Lipinski definition) is 5. The number of carbonyl (C=O) groups is 2. The molecule has 0 N–H and O–H groups in total. The Morgan fingerprint density at radius 1 is 0.755 bits per heavy atom. The molecule has 0 bridgehead atoms. The van der Waals surface area contributed by atoms with Crippen LogP contribution in [0.3, 0.4) is 0 Å². The van der Waals surface area contributed by atoms with Crippen molar-refractivity contribution in [3.63, 3.8) is 0 Å². The lowest BCUT2D eigenvalue weighted by molar-refractivity contribution is -0.118. The van der Waals surface area contributed by atoms with Crippen molar-refractivity contribution in [2.24, 2.45) is 16.0 Å². The summed E-state index contributed by atoms with van der Waals surface area (Å²) in [5.74, 6) is 0.118. The topological polar surface area (TPSA) is 71.3 Å². The molecule has 260 valence electrons. The molecule has 0 aromatic heterocycles. The molecule has 1 unspecified atom stereocenters. The predicted octanol–water partition coefficient (Wildman–Crippen LogP) is 11.5. The number of ketones is 1. The SMILES string of the molecule is CCCCCCCCCCCCCCCCOc1ccc(/C=C/C(=O)c2ccc(N=CC3C(=O)N(c4ccc(C)cc4)N=C3C)cc2)cc1. The molecule has 49 heavy (non-hydrogen) atoms. The highest BCUT2D eigenvalue weighted by Crippen LogP contribution is 2.25. The fraction of sp³-hybridized carbons (Fsp3) is 0.442. The van der Waals surface area contributed by atoms with E-state index in [1.807, 2.05) is 68.5 Å². The molecule has 3 aromatic rings. The number of anilines is 1. The number of allylic oxidation sites excluding steroid dienone is 1. The van der Waals surface area contributed by atoms with Crippen LogP contribution < -0.4 is 9.75 Å². The second-order valence-electron chi connectivity index (χ2n) is 13.2. The minimum absolute atomic E-state index is 0.0867. The number of benzene rings is 3. The zero-order valence-electron chi connectivity index (χ0n) is 29.9. The van der Waals surface area contributed by atoms with Crippen LogP contribution >= 0.6 is 0 Å². The Morgan fingerprint density at radius 2 is 1.33 bits per heavy atom. The molecule has 1 amide bonds. The second-order valence-corrected chi connectivity index (χ2v) is 13.2. The molecule has 6 nitrogen and oxygen atoms in total.